The van der Waals surface area contributed by atoms with Gasteiger partial charge in [-0.1, -0.05) is 18.5 Å². The van der Waals surface area contributed by atoms with E-state index in [1.807, 2.05) is 31.2 Å². The van der Waals surface area contributed by atoms with Gasteiger partial charge in [0, 0.05) is 57.4 Å². The van der Waals surface area contributed by atoms with Gasteiger partial charge < -0.3 is 20.1 Å². The van der Waals surface area contributed by atoms with Gasteiger partial charge in [-0.05, 0) is 37.1 Å². The minimum Gasteiger partial charge on any atom is -0.492 e. The minimum absolute atomic E-state index is 0.171. The average Bonchev–Trinajstić information content (AvgIpc) is 2.67. The molecule has 0 aromatic heterocycles. The van der Waals surface area contributed by atoms with Crippen LogP contribution >= 0.6 is 11.6 Å². The van der Waals surface area contributed by atoms with E-state index < -0.39 is 0 Å². The van der Waals surface area contributed by atoms with Crippen molar-refractivity contribution in [3.05, 3.63) is 29.3 Å². The first-order valence-electron chi connectivity index (χ1n) is 9.37. The van der Waals surface area contributed by atoms with Crippen molar-refractivity contribution in [2.75, 3.05) is 59.0 Å². The third-order valence-electron chi connectivity index (χ3n) is 4.36. The molecule has 1 aliphatic rings. The highest BCUT2D eigenvalue weighted by Gasteiger charge is 2.19. The van der Waals surface area contributed by atoms with Crippen molar-refractivity contribution in [1.82, 2.24) is 15.1 Å². The number of aliphatic hydroxyl groups is 1. The van der Waals surface area contributed by atoms with E-state index in [9.17, 15) is 5.11 Å². The van der Waals surface area contributed by atoms with Gasteiger partial charge >= 0.3 is 0 Å². The van der Waals surface area contributed by atoms with Gasteiger partial charge in [-0.2, -0.15) is 0 Å². The Morgan fingerprint density at radius 1 is 1.27 bits per heavy atom. The zero-order chi connectivity index (χ0) is 18.8. The van der Waals surface area contributed by atoms with Crippen molar-refractivity contribution in [3.8, 4) is 5.75 Å². The van der Waals surface area contributed by atoms with E-state index in [0.717, 1.165) is 56.0 Å². The molecule has 1 aliphatic heterocycles. The molecular formula is C19H31ClN4O2. The average molecular weight is 383 g/mol. The van der Waals surface area contributed by atoms with Crippen molar-refractivity contribution in [2.45, 2.75) is 13.8 Å². The van der Waals surface area contributed by atoms with E-state index in [-0.39, 0.29) is 12.5 Å². The second-order valence-corrected chi connectivity index (χ2v) is 7.05. The number of hydrogen-bond donors (Lipinski definition) is 2. The van der Waals surface area contributed by atoms with Crippen LogP contribution in [0.2, 0.25) is 5.02 Å². The first-order valence-corrected chi connectivity index (χ1v) is 9.75. The summed E-state index contributed by atoms with van der Waals surface area (Å²) in [5.41, 5.74) is 0. The van der Waals surface area contributed by atoms with Crippen molar-refractivity contribution in [3.63, 3.8) is 0 Å². The number of rotatable bonds is 8. The fourth-order valence-electron chi connectivity index (χ4n) is 2.73. The fourth-order valence-corrected chi connectivity index (χ4v) is 2.86. The number of guanidine groups is 1. The molecule has 0 saturated carbocycles. The largest absolute Gasteiger partial charge is 0.492 e. The molecule has 1 aromatic rings. The number of benzene rings is 1. The molecule has 26 heavy (non-hydrogen) atoms. The second kappa shape index (κ2) is 11.3. The van der Waals surface area contributed by atoms with E-state index in [4.69, 9.17) is 16.3 Å². The Kier molecular flexibility index (Phi) is 9.01. The highest BCUT2D eigenvalue weighted by molar-refractivity contribution is 6.30. The molecular weight excluding hydrogens is 352 g/mol. The standard InChI is InChI=1S/C19H31ClN4O2/c1-3-21-19(22-14-16(2)15-25)24-10-8-23(9-11-24)12-13-26-18-6-4-17(20)5-7-18/h4-7,16,25H,3,8-15H2,1-2H3,(H,21,22). The minimum atomic E-state index is 0.171. The number of hydrogen-bond acceptors (Lipinski definition) is 4. The predicted octanol–water partition coefficient (Wildman–Crippen LogP) is 1.93. The van der Waals surface area contributed by atoms with E-state index in [2.05, 4.69) is 27.0 Å². The molecule has 1 saturated heterocycles. The first-order chi connectivity index (χ1) is 12.6. The summed E-state index contributed by atoms with van der Waals surface area (Å²) in [4.78, 5) is 9.36. The smallest absolute Gasteiger partial charge is 0.194 e. The number of nitrogens with one attached hydrogen (secondary N) is 1. The van der Waals surface area contributed by atoms with Crippen molar-refractivity contribution >= 4 is 17.6 Å². The lowest BCUT2D eigenvalue weighted by atomic mass is 10.2. The number of piperazine rings is 1. The van der Waals surface area contributed by atoms with Crippen LogP contribution in [0, 0.1) is 5.92 Å². The zero-order valence-corrected chi connectivity index (χ0v) is 16.6. The Morgan fingerprint density at radius 2 is 1.96 bits per heavy atom. The molecule has 146 valence electrons. The van der Waals surface area contributed by atoms with Crippen LogP contribution in [0.15, 0.2) is 29.3 Å². The molecule has 6 nitrogen and oxygen atoms in total. The predicted molar refractivity (Wildman–Crippen MR) is 107 cm³/mol. The second-order valence-electron chi connectivity index (χ2n) is 6.61. The molecule has 1 atom stereocenters. The highest BCUT2D eigenvalue weighted by atomic mass is 35.5. The Hall–Kier alpha value is -1.50. The Balaban J connectivity index is 1.73. The van der Waals surface area contributed by atoms with Crippen molar-refractivity contribution in [1.29, 1.82) is 0 Å². The van der Waals surface area contributed by atoms with Crippen molar-refractivity contribution < 1.29 is 9.84 Å². The lowest BCUT2D eigenvalue weighted by Crippen LogP contribution is -2.53. The first kappa shape index (κ1) is 20.8. The fraction of sp³-hybridized carbons (Fsp3) is 0.632. The summed E-state index contributed by atoms with van der Waals surface area (Å²) >= 11 is 5.88. The summed E-state index contributed by atoms with van der Waals surface area (Å²) in [6.45, 7) is 11.2. The van der Waals surface area contributed by atoms with Gasteiger partial charge in [0.1, 0.15) is 12.4 Å². The molecule has 7 heteroatoms. The molecule has 0 spiro atoms. The van der Waals surface area contributed by atoms with E-state index in [0.29, 0.717) is 13.2 Å². The molecule has 1 unspecified atom stereocenters. The van der Waals surface area contributed by atoms with Crippen molar-refractivity contribution in [2.24, 2.45) is 10.9 Å². The highest BCUT2D eigenvalue weighted by Crippen LogP contribution is 2.15. The summed E-state index contributed by atoms with van der Waals surface area (Å²) in [5.74, 6) is 1.99. The Morgan fingerprint density at radius 3 is 2.58 bits per heavy atom. The lowest BCUT2D eigenvalue weighted by Gasteiger charge is -2.36. The van der Waals surface area contributed by atoms with Gasteiger partial charge in [0.2, 0.25) is 0 Å². The maximum absolute atomic E-state index is 9.17. The third kappa shape index (κ3) is 7.02. The molecule has 2 N–H and O–H groups in total. The van der Waals surface area contributed by atoms with E-state index in [1.54, 1.807) is 0 Å². The molecule has 2 rings (SSSR count). The molecule has 1 fully saturated rings. The van der Waals surface area contributed by atoms with Gasteiger partial charge in [0.25, 0.3) is 0 Å². The summed E-state index contributed by atoms with van der Waals surface area (Å²) < 4.78 is 5.78. The topological polar surface area (TPSA) is 60.3 Å². The van der Waals surface area contributed by atoms with Crippen LogP contribution in [0.1, 0.15) is 13.8 Å². The number of ether oxygens (including phenoxy) is 1. The van der Waals surface area contributed by atoms with Crippen LogP contribution in [0.3, 0.4) is 0 Å². The Bertz CT molecular complexity index is 545. The molecule has 0 amide bonds. The van der Waals surface area contributed by atoms with E-state index in [1.165, 1.54) is 0 Å². The lowest BCUT2D eigenvalue weighted by molar-refractivity contribution is 0.152. The number of halogens is 1. The quantitative estimate of drug-likeness (QED) is 0.531. The number of aliphatic hydroxyl groups excluding tert-OH is 1. The number of aliphatic imine (C=N–C) groups is 1. The van der Waals surface area contributed by atoms with E-state index >= 15 is 0 Å². The molecule has 1 aromatic carbocycles. The zero-order valence-electron chi connectivity index (χ0n) is 15.8. The maximum atomic E-state index is 9.17. The molecule has 0 radical (unpaired) electrons. The van der Waals surface area contributed by atoms with Crippen LogP contribution in [0.5, 0.6) is 5.75 Å². The third-order valence-corrected chi connectivity index (χ3v) is 4.61. The maximum Gasteiger partial charge on any atom is 0.194 e. The Labute approximate surface area is 161 Å². The summed E-state index contributed by atoms with van der Waals surface area (Å²) in [5, 5.41) is 13.3. The molecule has 0 aliphatic carbocycles. The summed E-state index contributed by atoms with van der Waals surface area (Å²) in [7, 11) is 0. The normalized spacial score (nSPS) is 17.2. The van der Waals surface area contributed by atoms with Crippen LogP contribution in [-0.2, 0) is 0 Å². The monoisotopic (exact) mass is 382 g/mol. The van der Waals surface area contributed by atoms with Gasteiger partial charge in [-0.25, -0.2) is 0 Å². The molecule has 0 bridgehead atoms. The van der Waals surface area contributed by atoms with Gasteiger partial charge in [-0.3, -0.25) is 9.89 Å². The van der Waals surface area contributed by atoms with Crippen LogP contribution in [-0.4, -0.2) is 79.9 Å². The van der Waals surface area contributed by atoms with Gasteiger partial charge in [-0.15, -0.1) is 0 Å². The summed E-state index contributed by atoms with van der Waals surface area (Å²) in [6, 6.07) is 7.48. The number of nitrogens with zero attached hydrogens (tertiary/aromatic N) is 3. The molecule has 1 heterocycles. The van der Waals surface area contributed by atoms with Crippen LogP contribution in [0.25, 0.3) is 0 Å². The SMILES string of the molecule is CCNC(=NCC(C)CO)N1CCN(CCOc2ccc(Cl)cc2)CC1. The van der Waals surface area contributed by atoms with Gasteiger partial charge in [0.05, 0.1) is 0 Å². The summed E-state index contributed by atoms with van der Waals surface area (Å²) in [6.07, 6.45) is 0. The van der Waals surface area contributed by atoms with Crippen LogP contribution in [0.4, 0.5) is 0 Å². The van der Waals surface area contributed by atoms with Gasteiger partial charge in [0.15, 0.2) is 5.96 Å². The van der Waals surface area contributed by atoms with Crippen LogP contribution < -0.4 is 10.1 Å².